The number of carbonyl (C=O) groups excluding carboxylic acids is 1. The summed E-state index contributed by atoms with van der Waals surface area (Å²) in [7, 11) is 0. The molecule has 18 heavy (non-hydrogen) atoms. The number of hydrogen-bond acceptors (Lipinski definition) is 2. The molecule has 5 nitrogen and oxygen atoms in total. The molecule has 0 aliphatic heterocycles. The first-order chi connectivity index (χ1) is 8.50. The van der Waals surface area contributed by atoms with Crippen LogP contribution < -0.4 is 10.6 Å². The Balaban J connectivity index is 2.10. The van der Waals surface area contributed by atoms with Crippen molar-refractivity contribution in [3.8, 4) is 0 Å². The van der Waals surface area contributed by atoms with Gasteiger partial charge in [0.2, 0.25) is 0 Å². The molecule has 1 atom stereocenters. The monoisotopic (exact) mass is 256 g/mol. The van der Waals surface area contributed by atoms with E-state index in [1.165, 1.54) is 0 Å². The lowest BCUT2D eigenvalue weighted by atomic mass is 10.1. The molecule has 104 valence electrons. The fraction of sp³-hybridized carbons (Fsp3) is 0.846. The summed E-state index contributed by atoms with van der Waals surface area (Å²) < 4.78 is 0. The van der Waals surface area contributed by atoms with Gasteiger partial charge in [0, 0.05) is 6.54 Å². The van der Waals surface area contributed by atoms with Gasteiger partial charge in [-0.05, 0) is 31.1 Å². The minimum Gasteiger partial charge on any atom is -0.480 e. The Kier molecular flexibility index (Phi) is 5.95. The van der Waals surface area contributed by atoms with Crippen molar-refractivity contribution < 1.29 is 14.7 Å². The fourth-order valence-electron chi connectivity index (χ4n) is 1.88. The maximum Gasteiger partial charge on any atom is 0.326 e. The lowest BCUT2D eigenvalue weighted by Crippen LogP contribution is -2.47. The predicted molar refractivity (Wildman–Crippen MR) is 69.4 cm³/mol. The van der Waals surface area contributed by atoms with Gasteiger partial charge in [-0.3, -0.25) is 0 Å². The van der Waals surface area contributed by atoms with E-state index in [0.717, 1.165) is 32.1 Å². The van der Waals surface area contributed by atoms with Crippen molar-refractivity contribution >= 4 is 12.0 Å². The van der Waals surface area contributed by atoms with Crippen molar-refractivity contribution in [1.82, 2.24) is 10.6 Å². The third-order valence-corrected chi connectivity index (χ3v) is 3.14. The molecule has 0 aromatic carbocycles. The van der Waals surface area contributed by atoms with Crippen molar-refractivity contribution in [2.24, 2.45) is 11.8 Å². The van der Waals surface area contributed by atoms with Crippen LogP contribution in [0.5, 0.6) is 0 Å². The van der Waals surface area contributed by atoms with Crippen LogP contribution in [0.25, 0.3) is 0 Å². The number of carbonyl (C=O) groups is 2. The Morgan fingerprint density at radius 1 is 1.28 bits per heavy atom. The molecular weight excluding hydrogens is 232 g/mol. The van der Waals surface area contributed by atoms with Crippen molar-refractivity contribution in [2.45, 2.75) is 52.0 Å². The fourth-order valence-corrected chi connectivity index (χ4v) is 1.88. The topological polar surface area (TPSA) is 78.4 Å². The van der Waals surface area contributed by atoms with Gasteiger partial charge in [0.05, 0.1) is 0 Å². The zero-order valence-corrected chi connectivity index (χ0v) is 11.2. The Morgan fingerprint density at radius 3 is 2.44 bits per heavy atom. The van der Waals surface area contributed by atoms with E-state index in [9.17, 15) is 9.59 Å². The van der Waals surface area contributed by atoms with Crippen LogP contribution in [-0.4, -0.2) is 29.7 Å². The Bertz CT molecular complexity index is 288. The van der Waals surface area contributed by atoms with Crippen LogP contribution in [0.1, 0.15) is 46.0 Å². The van der Waals surface area contributed by atoms with Crippen LogP contribution in [0.3, 0.4) is 0 Å². The number of carboxylic acid groups (broad SMARTS) is 1. The number of rotatable bonds is 8. The second-order valence-electron chi connectivity index (χ2n) is 5.44. The lowest BCUT2D eigenvalue weighted by molar-refractivity contribution is -0.139. The Labute approximate surface area is 108 Å². The molecule has 1 aliphatic carbocycles. The summed E-state index contributed by atoms with van der Waals surface area (Å²) in [5.74, 6) is -0.133. The highest BCUT2D eigenvalue weighted by Gasteiger charge is 2.37. The summed E-state index contributed by atoms with van der Waals surface area (Å²) in [4.78, 5) is 22.4. The van der Waals surface area contributed by atoms with E-state index in [1.54, 1.807) is 0 Å². The third kappa shape index (κ3) is 5.89. The molecule has 1 unspecified atom stereocenters. The number of urea groups is 1. The highest BCUT2D eigenvalue weighted by atomic mass is 16.4. The van der Waals surface area contributed by atoms with Gasteiger partial charge in [-0.1, -0.05) is 26.7 Å². The summed E-state index contributed by atoms with van der Waals surface area (Å²) in [6, 6.07) is -1.08. The van der Waals surface area contributed by atoms with Crippen LogP contribution >= 0.6 is 0 Å². The minimum atomic E-state index is -0.938. The number of amides is 2. The molecule has 0 aromatic rings. The number of hydrogen-bond donors (Lipinski definition) is 3. The standard InChI is InChI=1S/C13H24N2O3/c1-9(2)5-3-4-8-14-13(18)15-11(12(16)17)10-6-7-10/h9-11H,3-8H2,1-2H3,(H,16,17)(H2,14,15,18). The molecular formula is C13H24N2O3. The third-order valence-electron chi connectivity index (χ3n) is 3.14. The number of nitrogens with one attached hydrogen (secondary N) is 2. The van der Waals surface area contributed by atoms with E-state index in [1.807, 2.05) is 0 Å². The van der Waals surface area contributed by atoms with Crippen LogP contribution in [0, 0.1) is 11.8 Å². The molecule has 0 aromatic heterocycles. The molecule has 1 aliphatic rings. The number of unbranched alkanes of at least 4 members (excludes halogenated alkanes) is 1. The number of carboxylic acids is 1. The van der Waals surface area contributed by atoms with Gasteiger partial charge in [0.15, 0.2) is 0 Å². The van der Waals surface area contributed by atoms with E-state index in [-0.39, 0.29) is 11.9 Å². The highest BCUT2D eigenvalue weighted by Crippen LogP contribution is 2.32. The quantitative estimate of drug-likeness (QED) is 0.581. The van der Waals surface area contributed by atoms with E-state index >= 15 is 0 Å². The molecule has 1 fully saturated rings. The summed E-state index contributed by atoms with van der Waals surface area (Å²) in [6.45, 7) is 4.95. The predicted octanol–water partition coefficient (Wildman–Crippen LogP) is 1.98. The summed E-state index contributed by atoms with van der Waals surface area (Å²) >= 11 is 0. The second kappa shape index (κ2) is 7.24. The lowest BCUT2D eigenvalue weighted by Gasteiger charge is -2.14. The van der Waals surface area contributed by atoms with Gasteiger partial charge < -0.3 is 15.7 Å². The molecule has 5 heteroatoms. The number of aliphatic carboxylic acids is 1. The largest absolute Gasteiger partial charge is 0.480 e. The molecule has 0 bridgehead atoms. The molecule has 0 radical (unpaired) electrons. The van der Waals surface area contributed by atoms with E-state index < -0.39 is 12.0 Å². The second-order valence-corrected chi connectivity index (χ2v) is 5.44. The van der Waals surface area contributed by atoms with Gasteiger partial charge in [0.1, 0.15) is 6.04 Å². The van der Waals surface area contributed by atoms with Crippen molar-refractivity contribution in [2.75, 3.05) is 6.54 Å². The first kappa shape index (κ1) is 14.8. The van der Waals surface area contributed by atoms with Crippen molar-refractivity contribution in [3.05, 3.63) is 0 Å². The van der Waals surface area contributed by atoms with E-state index in [0.29, 0.717) is 12.5 Å². The average molecular weight is 256 g/mol. The van der Waals surface area contributed by atoms with Crippen LogP contribution in [0.2, 0.25) is 0 Å². The van der Waals surface area contributed by atoms with Crippen molar-refractivity contribution in [3.63, 3.8) is 0 Å². The molecule has 0 heterocycles. The van der Waals surface area contributed by atoms with Gasteiger partial charge in [-0.25, -0.2) is 9.59 Å². The van der Waals surface area contributed by atoms with Gasteiger partial charge in [-0.2, -0.15) is 0 Å². The van der Waals surface area contributed by atoms with Crippen molar-refractivity contribution in [1.29, 1.82) is 0 Å². The maximum atomic E-state index is 11.5. The molecule has 2 amide bonds. The van der Waals surface area contributed by atoms with Gasteiger partial charge >= 0.3 is 12.0 Å². The van der Waals surface area contributed by atoms with E-state index in [2.05, 4.69) is 24.5 Å². The molecule has 0 spiro atoms. The average Bonchev–Trinajstić information content (AvgIpc) is 3.08. The SMILES string of the molecule is CC(C)CCCCNC(=O)NC(C(=O)O)C1CC1. The first-order valence-electron chi connectivity index (χ1n) is 6.78. The van der Waals surface area contributed by atoms with Gasteiger partial charge in [-0.15, -0.1) is 0 Å². The molecule has 3 N–H and O–H groups in total. The molecule has 0 saturated heterocycles. The normalized spacial score (nSPS) is 16.4. The molecule has 1 saturated carbocycles. The van der Waals surface area contributed by atoms with Crippen LogP contribution in [0.15, 0.2) is 0 Å². The zero-order valence-electron chi connectivity index (χ0n) is 11.2. The summed E-state index contributed by atoms with van der Waals surface area (Å²) in [5.41, 5.74) is 0. The zero-order chi connectivity index (χ0) is 13.5. The maximum absolute atomic E-state index is 11.5. The van der Waals surface area contributed by atoms with Crippen LogP contribution in [-0.2, 0) is 4.79 Å². The first-order valence-corrected chi connectivity index (χ1v) is 6.78. The smallest absolute Gasteiger partial charge is 0.326 e. The minimum absolute atomic E-state index is 0.120. The molecule has 1 rings (SSSR count). The van der Waals surface area contributed by atoms with Crippen LogP contribution in [0.4, 0.5) is 4.79 Å². The summed E-state index contributed by atoms with van der Waals surface area (Å²) in [5, 5.41) is 14.2. The highest BCUT2D eigenvalue weighted by molar-refractivity contribution is 5.83. The van der Waals surface area contributed by atoms with E-state index in [4.69, 9.17) is 5.11 Å². The summed E-state index contributed by atoms with van der Waals surface area (Å²) in [6.07, 6.45) is 4.97. The Hall–Kier alpha value is -1.26. The van der Waals surface area contributed by atoms with Gasteiger partial charge in [0.25, 0.3) is 0 Å². The Morgan fingerprint density at radius 2 is 1.94 bits per heavy atom.